The van der Waals surface area contributed by atoms with E-state index in [2.05, 4.69) is 4.98 Å². The van der Waals surface area contributed by atoms with Gasteiger partial charge in [-0.3, -0.25) is 4.79 Å². The maximum Gasteiger partial charge on any atom is 0.246 e. The molecule has 0 aliphatic heterocycles. The van der Waals surface area contributed by atoms with Crippen LogP contribution in [0.3, 0.4) is 0 Å². The van der Waals surface area contributed by atoms with Crippen molar-refractivity contribution in [3.05, 3.63) is 65.2 Å². The summed E-state index contributed by atoms with van der Waals surface area (Å²) in [7, 11) is 3.42. The lowest BCUT2D eigenvalue weighted by Gasteiger charge is -2.15. The van der Waals surface area contributed by atoms with Crippen LogP contribution in [0.25, 0.3) is 16.3 Å². The summed E-state index contributed by atoms with van der Waals surface area (Å²) in [6.07, 6.45) is 3.35. The van der Waals surface area contributed by atoms with Crippen molar-refractivity contribution in [2.24, 2.45) is 0 Å². The Bertz CT molecular complexity index is 835. The number of aromatic nitrogens is 1. The molecule has 0 atom stereocenters. The molecule has 0 saturated carbocycles. The van der Waals surface area contributed by atoms with Gasteiger partial charge in [-0.15, -0.1) is 11.3 Å². The zero-order valence-corrected chi connectivity index (χ0v) is 14.4. The minimum atomic E-state index is -0.0509. The Morgan fingerprint density at radius 3 is 2.67 bits per heavy atom. The smallest absolute Gasteiger partial charge is 0.246 e. The number of fused-ring (bicyclic) bond motifs is 1. The van der Waals surface area contributed by atoms with Crippen molar-refractivity contribution in [1.29, 1.82) is 0 Å². The van der Waals surface area contributed by atoms with Crippen LogP contribution in [0, 0.1) is 0 Å². The van der Waals surface area contributed by atoms with E-state index in [1.807, 2.05) is 48.5 Å². The Labute approximate surface area is 145 Å². The monoisotopic (exact) mass is 338 g/mol. The number of hydrogen-bond acceptors (Lipinski definition) is 4. The van der Waals surface area contributed by atoms with Gasteiger partial charge >= 0.3 is 0 Å². The molecular weight excluding hydrogens is 320 g/mol. The van der Waals surface area contributed by atoms with Gasteiger partial charge in [-0.05, 0) is 35.9 Å². The Morgan fingerprint density at radius 1 is 1.21 bits per heavy atom. The Kier molecular flexibility index (Phi) is 4.91. The molecule has 122 valence electrons. The van der Waals surface area contributed by atoms with Gasteiger partial charge in [-0.25, -0.2) is 4.98 Å². The molecule has 0 aliphatic rings. The molecule has 3 aromatic rings. The van der Waals surface area contributed by atoms with E-state index in [0.717, 1.165) is 26.5 Å². The largest absolute Gasteiger partial charge is 0.497 e. The van der Waals surface area contributed by atoms with Gasteiger partial charge in [-0.2, -0.15) is 0 Å². The first-order valence-electron chi connectivity index (χ1n) is 7.57. The number of nitrogens with zero attached hydrogens (tertiary/aromatic N) is 2. The highest BCUT2D eigenvalue weighted by atomic mass is 32.1. The molecule has 0 unspecified atom stereocenters. The lowest BCUT2D eigenvalue weighted by atomic mass is 10.2. The average Bonchev–Trinajstić information content (AvgIpc) is 3.03. The third-order valence-electron chi connectivity index (χ3n) is 3.63. The van der Waals surface area contributed by atoms with E-state index in [0.29, 0.717) is 6.54 Å². The average molecular weight is 338 g/mol. The number of amides is 1. The first-order chi connectivity index (χ1) is 11.7. The summed E-state index contributed by atoms with van der Waals surface area (Å²) in [5.41, 5.74) is 2.02. The molecule has 0 aliphatic carbocycles. The Hall–Kier alpha value is -2.66. The van der Waals surface area contributed by atoms with E-state index in [1.165, 1.54) is 0 Å². The predicted molar refractivity (Wildman–Crippen MR) is 98.1 cm³/mol. The van der Waals surface area contributed by atoms with Crippen LogP contribution in [0.5, 0.6) is 5.75 Å². The maximum atomic E-state index is 12.3. The van der Waals surface area contributed by atoms with Gasteiger partial charge in [0.05, 0.1) is 17.3 Å². The van der Waals surface area contributed by atoms with Gasteiger partial charge in [0.1, 0.15) is 10.8 Å². The molecule has 0 bridgehead atoms. The van der Waals surface area contributed by atoms with Gasteiger partial charge in [0.15, 0.2) is 0 Å². The Balaban J connectivity index is 1.64. The zero-order chi connectivity index (χ0) is 16.9. The number of likely N-dealkylation sites (N-methyl/N-ethyl adjacent to an activating group) is 1. The number of benzene rings is 2. The second-order valence-corrected chi connectivity index (χ2v) is 6.46. The van der Waals surface area contributed by atoms with Crippen LogP contribution in [0.15, 0.2) is 54.6 Å². The van der Waals surface area contributed by atoms with E-state index in [9.17, 15) is 4.79 Å². The fourth-order valence-electron chi connectivity index (χ4n) is 2.31. The second-order valence-electron chi connectivity index (χ2n) is 5.40. The highest BCUT2D eigenvalue weighted by Gasteiger charge is 2.07. The summed E-state index contributed by atoms with van der Waals surface area (Å²) < 4.78 is 6.26. The fourth-order valence-corrected chi connectivity index (χ4v) is 3.18. The van der Waals surface area contributed by atoms with Crippen molar-refractivity contribution in [2.45, 2.75) is 6.54 Å². The van der Waals surface area contributed by atoms with Crippen LogP contribution in [-0.2, 0) is 11.3 Å². The topological polar surface area (TPSA) is 42.4 Å². The molecular formula is C19H18N2O2S. The summed E-state index contributed by atoms with van der Waals surface area (Å²) in [6, 6.07) is 15.7. The number of methoxy groups -OCH3 is 1. The molecule has 0 fully saturated rings. The lowest BCUT2D eigenvalue weighted by molar-refractivity contribution is -0.125. The summed E-state index contributed by atoms with van der Waals surface area (Å²) in [4.78, 5) is 18.4. The predicted octanol–water partition coefficient (Wildman–Crippen LogP) is 3.98. The highest BCUT2D eigenvalue weighted by Crippen LogP contribution is 2.22. The standard InChI is InChI=1S/C19H18N2O2S/c1-21(13-14-7-9-15(23-2)10-8-14)19(22)12-11-18-20-16-5-3-4-6-17(16)24-18/h3-12H,13H2,1-2H3/b12-11+. The summed E-state index contributed by atoms with van der Waals surface area (Å²) >= 11 is 1.58. The lowest BCUT2D eigenvalue weighted by Crippen LogP contribution is -2.24. The van der Waals surface area contributed by atoms with Gasteiger partial charge < -0.3 is 9.64 Å². The van der Waals surface area contributed by atoms with Crippen LogP contribution < -0.4 is 4.74 Å². The molecule has 0 saturated heterocycles. The maximum absolute atomic E-state index is 12.3. The fraction of sp³-hybridized carbons (Fsp3) is 0.158. The van der Waals surface area contributed by atoms with Crippen molar-refractivity contribution >= 4 is 33.5 Å². The summed E-state index contributed by atoms with van der Waals surface area (Å²) in [5.74, 6) is 0.758. The quantitative estimate of drug-likeness (QED) is 0.661. The third kappa shape index (κ3) is 3.81. The number of ether oxygens (including phenoxy) is 1. The van der Waals surface area contributed by atoms with E-state index < -0.39 is 0 Å². The van der Waals surface area contributed by atoms with E-state index >= 15 is 0 Å². The van der Waals surface area contributed by atoms with E-state index in [-0.39, 0.29) is 5.91 Å². The van der Waals surface area contributed by atoms with Gasteiger partial charge in [0.2, 0.25) is 5.91 Å². The van der Waals surface area contributed by atoms with Gasteiger partial charge in [0, 0.05) is 19.7 Å². The molecule has 1 amide bonds. The molecule has 1 aromatic heterocycles. The first-order valence-corrected chi connectivity index (χ1v) is 8.39. The SMILES string of the molecule is COc1ccc(CN(C)C(=O)/C=C/c2nc3ccccc3s2)cc1. The van der Waals surface area contributed by atoms with Crippen LogP contribution in [0.2, 0.25) is 0 Å². The summed E-state index contributed by atoms with van der Waals surface area (Å²) in [5, 5.41) is 0.836. The summed E-state index contributed by atoms with van der Waals surface area (Å²) in [6.45, 7) is 0.549. The third-order valence-corrected chi connectivity index (χ3v) is 4.64. The molecule has 5 heteroatoms. The van der Waals surface area contributed by atoms with Crippen molar-refractivity contribution in [2.75, 3.05) is 14.2 Å². The molecule has 0 radical (unpaired) electrons. The number of thiazole rings is 1. The number of hydrogen-bond donors (Lipinski definition) is 0. The Morgan fingerprint density at radius 2 is 1.96 bits per heavy atom. The zero-order valence-electron chi connectivity index (χ0n) is 13.6. The highest BCUT2D eigenvalue weighted by molar-refractivity contribution is 7.19. The molecule has 24 heavy (non-hydrogen) atoms. The molecule has 4 nitrogen and oxygen atoms in total. The van der Waals surface area contributed by atoms with Crippen molar-refractivity contribution in [1.82, 2.24) is 9.88 Å². The van der Waals surface area contributed by atoms with Crippen LogP contribution in [0.1, 0.15) is 10.6 Å². The normalized spacial score (nSPS) is 11.1. The number of carbonyl (C=O) groups is 1. The second kappa shape index (κ2) is 7.27. The number of rotatable bonds is 5. The van der Waals surface area contributed by atoms with E-state index in [1.54, 1.807) is 42.5 Å². The number of para-hydroxylation sites is 1. The molecule has 0 spiro atoms. The number of carbonyl (C=O) groups excluding carboxylic acids is 1. The van der Waals surface area contributed by atoms with Gasteiger partial charge in [-0.1, -0.05) is 24.3 Å². The minimum absolute atomic E-state index is 0.0509. The molecule has 2 aromatic carbocycles. The molecule has 3 rings (SSSR count). The molecule has 1 heterocycles. The van der Waals surface area contributed by atoms with Gasteiger partial charge in [0.25, 0.3) is 0 Å². The van der Waals surface area contributed by atoms with Crippen LogP contribution in [-0.4, -0.2) is 29.9 Å². The van der Waals surface area contributed by atoms with Crippen molar-refractivity contribution in [3.63, 3.8) is 0 Å². The first kappa shape index (κ1) is 16.2. The molecule has 0 N–H and O–H groups in total. The van der Waals surface area contributed by atoms with E-state index in [4.69, 9.17) is 4.74 Å². The van der Waals surface area contributed by atoms with Crippen LogP contribution >= 0.6 is 11.3 Å². The van der Waals surface area contributed by atoms with Crippen LogP contribution in [0.4, 0.5) is 0 Å². The minimum Gasteiger partial charge on any atom is -0.497 e. The van der Waals surface area contributed by atoms with Crippen molar-refractivity contribution in [3.8, 4) is 5.75 Å². The van der Waals surface area contributed by atoms with Crippen molar-refractivity contribution < 1.29 is 9.53 Å².